The van der Waals surface area contributed by atoms with E-state index in [4.69, 9.17) is 11.6 Å². The number of benzene rings is 3. The topological polar surface area (TPSA) is 86.8 Å². The molecular formula is C31H38ClN3O4S. The minimum atomic E-state index is -4.16. The number of anilines is 1. The van der Waals surface area contributed by atoms with Gasteiger partial charge < -0.3 is 10.2 Å². The summed E-state index contributed by atoms with van der Waals surface area (Å²) in [6, 6.07) is 20.0. The summed E-state index contributed by atoms with van der Waals surface area (Å²) < 4.78 is 29.1. The van der Waals surface area contributed by atoms with Crippen LogP contribution in [0.2, 0.25) is 5.02 Å². The van der Waals surface area contributed by atoms with Gasteiger partial charge in [-0.05, 0) is 62.1 Å². The third-order valence-corrected chi connectivity index (χ3v) is 8.75. The molecule has 2 amide bonds. The molecular weight excluding hydrogens is 546 g/mol. The van der Waals surface area contributed by atoms with E-state index >= 15 is 0 Å². The van der Waals surface area contributed by atoms with E-state index in [9.17, 15) is 18.0 Å². The summed E-state index contributed by atoms with van der Waals surface area (Å²) in [7, 11) is -4.16. The Labute approximate surface area is 243 Å². The van der Waals surface area contributed by atoms with Gasteiger partial charge in [0.05, 0.1) is 10.6 Å². The van der Waals surface area contributed by atoms with Gasteiger partial charge in [0.2, 0.25) is 11.8 Å². The fourth-order valence-corrected chi connectivity index (χ4v) is 6.04. The summed E-state index contributed by atoms with van der Waals surface area (Å²) in [5.74, 6) is -0.747. The second-order valence-corrected chi connectivity index (χ2v) is 12.1. The lowest BCUT2D eigenvalue weighted by Crippen LogP contribution is -2.52. The Balaban J connectivity index is 2.06. The van der Waals surface area contributed by atoms with Crippen molar-refractivity contribution in [2.45, 2.75) is 64.4 Å². The number of nitrogens with zero attached hydrogens (tertiary/aromatic N) is 2. The number of carbonyl (C=O) groups is 2. The van der Waals surface area contributed by atoms with E-state index in [1.807, 2.05) is 51.1 Å². The standard InChI is InChI=1S/C31H38ClN3O4S/c1-5-7-19-33-31(37)28(6-2)34(21-25-11-9-8-10-12-25)30(36)22-35(29-20-26(32)16-15-24(29)4)40(38,39)27-17-13-23(3)14-18-27/h8-18,20,28H,5-7,19,21-22H2,1-4H3,(H,33,37)/t28-/m1/s1. The van der Waals surface area contributed by atoms with Crippen LogP contribution in [0.1, 0.15) is 49.8 Å². The van der Waals surface area contributed by atoms with Crippen LogP contribution >= 0.6 is 11.6 Å². The molecule has 40 heavy (non-hydrogen) atoms. The monoisotopic (exact) mass is 583 g/mol. The number of halogens is 1. The average Bonchev–Trinajstić information content (AvgIpc) is 2.93. The summed E-state index contributed by atoms with van der Waals surface area (Å²) in [5.41, 5.74) is 2.70. The highest BCUT2D eigenvalue weighted by Crippen LogP contribution is 2.30. The van der Waals surface area contributed by atoms with E-state index < -0.39 is 28.5 Å². The minimum absolute atomic E-state index is 0.0595. The van der Waals surface area contributed by atoms with Crippen molar-refractivity contribution in [1.82, 2.24) is 10.2 Å². The predicted octanol–water partition coefficient (Wildman–Crippen LogP) is 5.88. The molecule has 0 radical (unpaired) electrons. The number of sulfonamides is 1. The number of nitrogens with one attached hydrogen (secondary N) is 1. The highest BCUT2D eigenvalue weighted by atomic mass is 35.5. The van der Waals surface area contributed by atoms with E-state index in [0.717, 1.165) is 28.3 Å². The van der Waals surface area contributed by atoms with Gasteiger partial charge >= 0.3 is 0 Å². The number of carbonyl (C=O) groups excluding carboxylic acids is 2. The van der Waals surface area contributed by atoms with E-state index in [1.54, 1.807) is 37.3 Å². The molecule has 0 saturated carbocycles. The maximum Gasteiger partial charge on any atom is 0.264 e. The van der Waals surface area contributed by atoms with Crippen LogP contribution < -0.4 is 9.62 Å². The molecule has 9 heteroatoms. The van der Waals surface area contributed by atoms with E-state index in [1.165, 1.54) is 17.0 Å². The van der Waals surface area contributed by atoms with Crippen molar-refractivity contribution in [3.8, 4) is 0 Å². The fraction of sp³-hybridized carbons (Fsp3) is 0.355. The predicted molar refractivity (Wildman–Crippen MR) is 161 cm³/mol. The number of aryl methyl sites for hydroxylation is 2. The smallest absolute Gasteiger partial charge is 0.264 e. The molecule has 0 unspecified atom stereocenters. The lowest BCUT2D eigenvalue weighted by Gasteiger charge is -2.33. The van der Waals surface area contributed by atoms with Crippen LogP contribution in [0.15, 0.2) is 77.7 Å². The molecule has 0 heterocycles. The minimum Gasteiger partial charge on any atom is -0.354 e. The van der Waals surface area contributed by atoms with Crippen molar-refractivity contribution >= 4 is 39.1 Å². The first kappa shape index (κ1) is 31.2. The first-order chi connectivity index (χ1) is 19.1. The molecule has 0 aliphatic rings. The van der Waals surface area contributed by atoms with Crippen molar-refractivity contribution in [1.29, 1.82) is 0 Å². The van der Waals surface area contributed by atoms with Gasteiger partial charge in [-0.25, -0.2) is 8.42 Å². The summed E-state index contributed by atoms with van der Waals surface area (Å²) in [5, 5.41) is 3.28. The van der Waals surface area contributed by atoms with Crippen LogP contribution in [0.25, 0.3) is 0 Å². The average molecular weight is 584 g/mol. The maximum atomic E-state index is 14.1. The number of amides is 2. The fourth-order valence-electron chi connectivity index (χ4n) is 4.41. The highest BCUT2D eigenvalue weighted by Gasteiger charge is 2.34. The normalized spacial score (nSPS) is 12.0. The quantitative estimate of drug-likeness (QED) is 0.255. The molecule has 1 N–H and O–H groups in total. The van der Waals surface area contributed by atoms with Crippen molar-refractivity contribution in [3.05, 3.63) is 94.5 Å². The molecule has 0 bridgehead atoms. The number of rotatable bonds is 13. The van der Waals surface area contributed by atoms with Crippen molar-refractivity contribution in [2.75, 3.05) is 17.4 Å². The van der Waals surface area contributed by atoms with Gasteiger partial charge in [-0.3, -0.25) is 13.9 Å². The van der Waals surface area contributed by atoms with Crippen molar-refractivity contribution in [3.63, 3.8) is 0 Å². The summed E-state index contributed by atoms with van der Waals surface area (Å²) >= 11 is 6.29. The van der Waals surface area contributed by atoms with Gasteiger partial charge in [0.15, 0.2) is 0 Å². The van der Waals surface area contributed by atoms with Gasteiger partial charge in [-0.2, -0.15) is 0 Å². The van der Waals surface area contributed by atoms with Gasteiger partial charge in [0, 0.05) is 18.1 Å². The molecule has 0 saturated heterocycles. The maximum absolute atomic E-state index is 14.1. The van der Waals surface area contributed by atoms with Gasteiger partial charge in [-0.15, -0.1) is 0 Å². The molecule has 0 fully saturated rings. The van der Waals surface area contributed by atoms with Crippen LogP contribution in [-0.2, 0) is 26.2 Å². The number of hydrogen-bond acceptors (Lipinski definition) is 4. The lowest BCUT2D eigenvalue weighted by atomic mass is 10.1. The zero-order chi connectivity index (χ0) is 29.3. The van der Waals surface area contributed by atoms with Crippen molar-refractivity contribution in [2.24, 2.45) is 0 Å². The van der Waals surface area contributed by atoms with Crippen LogP contribution in [0.4, 0.5) is 5.69 Å². The van der Waals surface area contributed by atoms with Crippen LogP contribution in [0.3, 0.4) is 0 Å². The van der Waals surface area contributed by atoms with Crippen LogP contribution in [0, 0.1) is 13.8 Å². The van der Waals surface area contributed by atoms with Gasteiger partial charge in [0.25, 0.3) is 10.0 Å². The molecule has 0 spiro atoms. The van der Waals surface area contributed by atoms with E-state index in [0.29, 0.717) is 29.2 Å². The summed E-state index contributed by atoms with van der Waals surface area (Å²) in [6.07, 6.45) is 2.12. The Morgan fingerprint density at radius 1 is 0.950 bits per heavy atom. The van der Waals surface area contributed by atoms with E-state index in [-0.39, 0.29) is 17.3 Å². The van der Waals surface area contributed by atoms with Gasteiger partial charge in [0.1, 0.15) is 12.6 Å². The number of hydrogen-bond donors (Lipinski definition) is 1. The molecule has 214 valence electrons. The molecule has 1 atom stereocenters. The molecule has 3 aromatic rings. The molecule has 3 rings (SSSR count). The Bertz CT molecular complexity index is 1400. The summed E-state index contributed by atoms with van der Waals surface area (Å²) in [6.45, 7) is 7.69. The number of unbranched alkanes of at least 4 members (excludes halogenated alkanes) is 1. The molecule has 0 aromatic heterocycles. The Morgan fingerprint density at radius 3 is 2.25 bits per heavy atom. The zero-order valence-electron chi connectivity index (χ0n) is 23.6. The molecule has 0 aliphatic carbocycles. The lowest BCUT2D eigenvalue weighted by molar-refractivity contribution is -0.140. The Hall–Kier alpha value is -3.36. The van der Waals surface area contributed by atoms with Gasteiger partial charge in [-0.1, -0.05) is 86.0 Å². The molecule has 0 aliphatic heterocycles. The van der Waals surface area contributed by atoms with E-state index in [2.05, 4.69) is 5.32 Å². The molecule has 7 nitrogen and oxygen atoms in total. The second kappa shape index (κ2) is 14.3. The van der Waals surface area contributed by atoms with Crippen molar-refractivity contribution < 1.29 is 18.0 Å². The third-order valence-electron chi connectivity index (χ3n) is 6.74. The first-order valence-corrected chi connectivity index (χ1v) is 15.4. The largest absolute Gasteiger partial charge is 0.354 e. The SMILES string of the molecule is CCCCNC(=O)[C@@H](CC)N(Cc1ccccc1)C(=O)CN(c1cc(Cl)ccc1C)S(=O)(=O)c1ccc(C)cc1. The molecule has 3 aromatic carbocycles. The second-order valence-electron chi connectivity index (χ2n) is 9.83. The Kier molecular flexibility index (Phi) is 11.2. The Morgan fingerprint density at radius 2 is 1.62 bits per heavy atom. The first-order valence-electron chi connectivity index (χ1n) is 13.5. The third kappa shape index (κ3) is 7.86. The highest BCUT2D eigenvalue weighted by molar-refractivity contribution is 7.92. The van der Waals surface area contributed by atoms with Crippen LogP contribution in [0.5, 0.6) is 0 Å². The summed E-state index contributed by atoms with van der Waals surface area (Å²) in [4.78, 5) is 28.9. The zero-order valence-corrected chi connectivity index (χ0v) is 25.1. The van der Waals surface area contributed by atoms with Crippen LogP contribution in [-0.4, -0.2) is 44.3 Å².